The minimum Gasteiger partial charge on any atom is -0.361 e. The van der Waals surface area contributed by atoms with Crippen molar-refractivity contribution in [3.05, 3.63) is 36.0 Å². The van der Waals surface area contributed by atoms with Crippen LogP contribution in [0.25, 0.3) is 10.9 Å². The molecule has 2 aliphatic rings. The number of alkyl halides is 1. The lowest BCUT2D eigenvalue weighted by Crippen LogP contribution is -2.46. The summed E-state index contributed by atoms with van der Waals surface area (Å²) in [7, 11) is 0. The number of hydrogen-bond donors (Lipinski definition) is 3. The van der Waals surface area contributed by atoms with E-state index >= 15 is 0 Å². The Morgan fingerprint density at radius 1 is 1.24 bits per heavy atom. The van der Waals surface area contributed by atoms with Crippen LogP contribution >= 0.6 is 0 Å². The molecule has 2 unspecified atom stereocenters. The number of aromatic amines is 1. The van der Waals surface area contributed by atoms with E-state index in [4.69, 9.17) is 0 Å². The first-order valence-electron chi connectivity index (χ1n) is 7.94. The van der Waals surface area contributed by atoms with E-state index in [1.165, 1.54) is 16.5 Å². The number of halogens is 1. The van der Waals surface area contributed by atoms with Gasteiger partial charge in [-0.15, -0.1) is 0 Å². The van der Waals surface area contributed by atoms with Gasteiger partial charge in [0.1, 0.15) is 5.67 Å². The van der Waals surface area contributed by atoms with Gasteiger partial charge in [0, 0.05) is 30.2 Å². The highest BCUT2D eigenvalue weighted by molar-refractivity contribution is 5.80. The van der Waals surface area contributed by atoms with Gasteiger partial charge in [-0.2, -0.15) is 0 Å². The van der Waals surface area contributed by atoms with Gasteiger partial charge in [-0.3, -0.25) is 0 Å². The maximum Gasteiger partial charge on any atom is 0.125 e. The highest BCUT2D eigenvalue weighted by Gasteiger charge is 2.40. The standard InChI is InChI=1S/C17H22FN3/c18-17(4-7-19-8-5-17)11-21-16-10-14(16)12-1-2-15-13(9-12)3-6-20-15/h1-3,6,9,14,16,19-21H,4-5,7-8,10-11H2. The van der Waals surface area contributed by atoms with Crippen LogP contribution in [0.2, 0.25) is 0 Å². The first-order chi connectivity index (χ1) is 10.2. The Balaban J connectivity index is 1.37. The van der Waals surface area contributed by atoms with E-state index in [9.17, 15) is 4.39 Å². The summed E-state index contributed by atoms with van der Waals surface area (Å²) in [6.45, 7) is 2.11. The molecule has 0 radical (unpaired) electrons. The number of benzene rings is 1. The third-order valence-corrected chi connectivity index (χ3v) is 4.98. The van der Waals surface area contributed by atoms with Crippen molar-refractivity contribution in [3.63, 3.8) is 0 Å². The molecule has 0 amide bonds. The summed E-state index contributed by atoms with van der Waals surface area (Å²) in [5, 5.41) is 7.93. The second-order valence-electron chi connectivity index (χ2n) is 6.55. The van der Waals surface area contributed by atoms with Crippen molar-refractivity contribution in [2.75, 3.05) is 19.6 Å². The third-order valence-electron chi connectivity index (χ3n) is 4.98. The highest BCUT2D eigenvalue weighted by atomic mass is 19.1. The van der Waals surface area contributed by atoms with Gasteiger partial charge in [-0.25, -0.2) is 4.39 Å². The van der Waals surface area contributed by atoms with Crippen LogP contribution in [0.5, 0.6) is 0 Å². The molecule has 1 aromatic carbocycles. The van der Waals surface area contributed by atoms with Crippen LogP contribution in [0.3, 0.4) is 0 Å². The summed E-state index contributed by atoms with van der Waals surface area (Å²) in [5.74, 6) is 0.551. The number of piperidine rings is 1. The number of H-pyrrole nitrogens is 1. The smallest absolute Gasteiger partial charge is 0.125 e. The molecule has 0 bridgehead atoms. The molecule has 3 N–H and O–H groups in total. The highest BCUT2D eigenvalue weighted by Crippen LogP contribution is 2.42. The first kappa shape index (κ1) is 13.3. The molecule has 2 atom stereocenters. The fourth-order valence-corrected chi connectivity index (χ4v) is 3.46. The maximum atomic E-state index is 14.6. The lowest BCUT2D eigenvalue weighted by molar-refractivity contribution is 0.113. The van der Waals surface area contributed by atoms with Gasteiger partial charge in [0.2, 0.25) is 0 Å². The summed E-state index contributed by atoms with van der Waals surface area (Å²) in [6.07, 6.45) is 4.37. The molecular weight excluding hydrogens is 265 g/mol. The van der Waals surface area contributed by atoms with Crippen LogP contribution in [0.15, 0.2) is 30.5 Å². The fourth-order valence-electron chi connectivity index (χ4n) is 3.46. The van der Waals surface area contributed by atoms with Gasteiger partial charge >= 0.3 is 0 Å². The van der Waals surface area contributed by atoms with Crippen molar-refractivity contribution in [1.82, 2.24) is 15.6 Å². The number of hydrogen-bond acceptors (Lipinski definition) is 2. The fraction of sp³-hybridized carbons (Fsp3) is 0.529. The molecule has 112 valence electrons. The zero-order valence-corrected chi connectivity index (χ0v) is 12.2. The summed E-state index contributed by atoms with van der Waals surface area (Å²) in [6, 6.07) is 9.15. The molecular formula is C17H22FN3. The quantitative estimate of drug-likeness (QED) is 0.809. The average Bonchev–Trinajstić information content (AvgIpc) is 3.13. The lowest BCUT2D eigenvalue weighted by atomic mass is 9.94. The Morgan fingerprint density at radius 2 is 2.10 bits per heavy atom. The van der Waals surface area contributed by atoms with E-state index in [2.05, 4.69) is 39.9 Å². The molecule has 1 aliphatic carbocycles. The third kappa shape index (κ3) is 2.70. The molecule has 4 rings (SSSR count). The minimum atomic E-state index is -1.01. The van der Waals surface area contributed by atoms with Crippen LogP contribution in [0, 0.1) is 0 Å². The van der Waals surface area contributed by atoms with E-state index in [0.717, 1.165) is 19.5 Å². The van der Waals surface area contributed by atoms with E-state index in [-0.39, 0.29) is 0 Å². The Bertz CT molecular complexity index is 630. The van der Waals surface area contributed by atoms with E-state index < -0.39 is 5.67 Å². The summed E-state index contributed by atoms with van der Waals surface area (Å²) >= 11 is 0. The second-order valence-corrected chi connectivity index (χ2v) is 6.55. The van der Waals surface area contributed by atoms with Gasteiger partial charge in [-0.1, -0.05) is 6.07 Å². The van der Waals surface area contributed by atoms with E-state index in [1.54, 1.807) is 0 Å². The van der Waals surface area contributed by atoms with E-state index in [1.807, 2.05) is 6.20 Å². The molecule has 2 fully saturated rings. The van der Waals surface area contributed by atoms with Crippen LogP contribution in [0.1, 0.15) is 30.7 Å². The molecule has 4 heteroatoms. The predicted molar refractivity (Wildman–Crippen MR) is 83.4 cm³/mol. The zero-order valence-electron chi connectivity index (χ0n) is 12.2. The Morgan fingerprint density at radius 3 is 2.95 bits per heavy atom. The monoisotopic (exact) mass is 287 g/mol. The Kier molecular flexibility index (Phi) is 3.23. The number of nitrogens with one attached hydrogen (secondary N) is 3. The molecule has 0 spiro atoms. The second kappa shape index (κ2) is 5.11. The molecule has 21 heavy (non-hydrogen) atoms. The van der Waals surface area contributed by atoms with Gasteiger partial charge in [0.15, 0.2) is 0 Å². The Labute approximate surface area is 124 Å². The normalized spacial score (nSPS) is 27.9. The number of fused-ring (bicyclic) bond motifs is 1. The van der Waals surface area contributed by atoms with Crippen molar-refractivity contribution in [1.29, 1.82) is 0 Å². The molecule has 2 aromatic rings. The maximum absolute atomic E-state index is 14.6. The SMILES string of the molecule is FC1(CNC2CC2c2ccc3[nH]ccc3c2)CCNCC1. The van der Waals surface area contributed by atoms with Crippen molar-refractivity contribution < 1.29 is 4.39 Å². The Hall–Kier alpha value is -1.39. The van der Waals surface area contributed by atoms with Crippen LogP contribution < -0.4 is 10.6 Å². The molecule has 2 heterocycles. The van der Waals surface area contributed by atoms with Crippen molar-refractivity contribution in [2.24, 2.45) is 0 Å². The van der Waals surface area contributed by atoms with Gasteiger partial charge in [0.25, 0.3) is 0 Å². The van der Waals surface area contributed by atoms with Crippen LogP contribution in [-0.4, -0.2) is 36.3 Å². The summed E-state index contributed by atoms with van der Waals surface area (Å²) in [5.41, 5.74) is 1.54. The molecule has 1 aliphatic heterocycles. The lowest BCUT2D eigenvalue weighted by Gasteiger charge is -2.30. The van der Waals surface area contributed by atoms with Gasteiger partial charge in [-0.05, 0) is 61.5 Å². The van der Waals surface area contributed by atoms with Gasteiger partial charge < -0.3 is 15.6 Å². The van der Waals surface area contributed by atoms with Crippen molar-refractivity contribution >= 4 is 10.9 Å². The number of aromatic nitrogens is 1. The summed E-state index contributed by atoms with van der Waals surface area (Å²) < 4.78 is 14.6. The molecule has 1 saturated heterocycles. The summed E-state index contributed by atoms with van der Waals surface area (Å²) in [4.78, 5) is 3.22. The van der Waals surface area contributed by atoms with Crippen molar-refractivity contribution in [3.8, 4) is 0 Å². The number of rotatable bonds is 4. The molecule has 3 nitrogen and oxygen atoms in total. The topological polar surface area (TPSA) is 39.9 Å². The minimum absolute atomic E-state index is 0.448. The average molecular weight is 287 g/mol. The first-order valence-corrected chi connectivity index (χ1v) is 7.94. The van der Waals surface area contributed by atoms with Crippen LogP contribution in [0.4, 0.5) is 4.39 Å². The van der Waals surface area contributed by atoms with E-state index in [0.29, 0.717) is 31.3 Å². The largest absolute Gasteiger partial charge is 0.361 e. The molecule has 1 saturated carbocycles. The predicted octanol–water partition coefficient (Wildman–Crippen LogP) is 2.71. The van der Waals surface area contributed by atoms with Crippen LogP contribution in [-0.2, 0) is 0 Å². The van der Waals surface area contributed by atoms with Gasteiger partial charge in [0.05, 0.1) is 0 Å². The molecule has 1 aromatic heterocycles. The van der Waals surface area contributed by atoms with Crippen molar-refractivity contribution in [2.45, 2.75) is 36.9 Å². The zero-order chi connectivity index (χ0) is 14.3.